The van der Waals surface area contributed by atoms with E-state index >= 15 is 0 Å². The Morgan fingerprint density at radius 2 is 1.94 bits per heavy atom. The standard InChI is InChI=1S/C12H26N2O3/c1-11(2)17-8-5-4-6-14-12(15)10-13-7-9-16-3/h11,13H,4-10H2,1-3H3,(H,14,15). The van der Waals surface area contributed by atoms with Crippen LogP contribution in [0.3, 0.4) is 0 Å². The van der Waals surface area contributed by atoms with E-state index in [0.717, 1.165) is 19.4 Å². The van der Waals surface area contributed by atoms with Crippen molar-refractivity contribution in [1.82, 2.24) is 10.6 Å². The summed E-state index contributed by atoms with van der Waals surface area (Å²) in [5.74, 6) is 0.0332. The lowest BCUT2D eigenvalue weighted by Crippen LogP contribution is -2.35. The topological polar surface area (TPSA) is 59.6 Å². The monoisotopic (exact) mass is 246 g/mol. The molecule has 0 radical (unpaired) electrons. The normalized spacial score (nSPS) is 10.8. The average Bonchev–Trinajstić information content (AvgIpc) is 2.29. The average molecular weight is 246 g/mol. The molecular formula is C12H26N2O3. The zero-order chi connectivity index (χ0) is 12.9. The van der Waals surface area contributed by atoms with Crippen LogP contribution in [0, 0.1) is 0 Å². The highest BCUT2D eigenvalue weighted by molar-refractivity contribution is 5.77. The summed E-state index contributed by atoms with van der Waals surface area (Å²) < 4.78 is 10.3. The zero-order valence-corrected chi connectivity index (χ0v) is 11.3. The van der Waals surface area contributed by atoms with Crippen LogP contribution in [0.25, 0.3) is 0 Å². The van der Waals surface area contributed by atoms with E-state index in [-0.39, 0.29) is 12.0 Å². The number of carbonyl (C=O) groups is 1. The maximum Gasteiger partial charge on any atom is 0.233 e. The fraction of sp³-hybridized carbons (Fsp3) is 0.917. The van der Waals surface area contributed by atoms with Crippen LogP contribution in [0.4, 0.5) is 0 Å². The largest absolute Gasteiger partial charge is 0.383 e. The van der Waals surface area contributed by atoms with Gasteiger partial charge in [-0.25, -0.2) is 0 Å². The summed E-state index contributed by atoms with van der Waals surface area (Å²) in [5, 5.41) is 5.84. The van der Waals surface area contributed by atoms with Gasteiger partial charge in [-0.3, -0.25) is 4.79 Å². The van der Waals surface area contributed by atoms with Crippen molar-refractivity contribution in [3.63, 3.8) is 0 Å². The third-order valence-electron chi connectivity index (χ3n) is 2.11. The second-order valence-corrected chi connectivity index (χ2v) is 4.15. The Balaban J connectivity index is 3.16. The van der Waals surface area contributed by atoms with Crippen molar-refractivity contribution >= 4 is 5.91 Å². The number of hydrogen-bond acceptors (Lipinski definition) is 4. The molecule has 5 heteroatoms. The van der Waals surface area contributed by atoms with E-state index in [1.54, 1.807) is 7.11 Å². The first-order valence-corrected chi connectivity index (χ1v) is 6.24. The Labute approximate surface area is 104 Å². The van der Waals surface area contributed by atoms with Crippen LogP contribution in [0.5, 0.6) is 0 Å². The zero-order valence-electron chi connectivity index (χ0n) is 11.3. The molecule has 1 amide bonds. The molecule has 0 aromatic heterocycles. The quantitative estimate of drug-likeness (QED) is 0.523. The molecule has 0 aliphatic heterocycles. The SMILES string of the molecule is COCCNCC(=O)NCCCCOC(C)C. The predicted octanol–water partition coefficient (Wildman–Crippen LogP) is 0.544. The van der Waals surface area contributed by atoms with Gasteiger partial charge >= 0.3 is 0 Å². The number of nitrogens with one attached hydrogen (secondary N) is 2. The maximum atomic E-state index is 11.3. The van der Waals surface area contributed by atoms with Crippen LogP contribution in [0.1, 0.15) is 26.7 Å². The first kappa shape index (κ1) is 16.4. The van der Waals surface area contributed by atoms with E-state index in [0.29, 0.717) is 26.2 Å². The molecule has 0 rings (SSSR count). The number of methoxy groups -OCH3 is 1. The van der Waals surface area contributed by atoms with Crippen LogP contribution >= 0.6 is 0 Å². The molecule has 0 aliphatic carbocycles. The molecule has 0 aliphatic rings. The second-order valence-electron chi connectivity index (χ2n) is 4.15. The minimum absolute atomic E-state index is 0.0332. The third kappa shape index (κ3) is 13.3. The van der Waals surface area contributed by atoms with Crippen LogP contribution in [0.15, 0.2) is 0 Å². The van der Waals surface area contributed by atoms with Gasteiger partial charge in [-0.15, -0.1) is 0 Å². The summed E-state index contributed by atoms with van der Waals surface area (Å²) in [7, 11) is 1.64. The van der Waals surface area contributed by atoms with Crippen LogP contribution in [0.2, 0.25) is 0 Å². The van der Waals surface area contributed by atoms with Crippen molar-refractivity contribution in [1.29, 1.82) is 0 Å². The number of rotatable bonds is 11. The molecule has 0 fully saturated rings. The fourth-order valence-corrected chi connectivity index (χ4v) is 1.21. The smallest absolute Gasteiger partial charge is 0.233 e. The van der Waals surface area contributed by atoms with Crippen molar-refractivity contribution in [2.45, 2.75) is 32.8 Å². The lowest BCUT2D eigenvalue weighted by atomic mass is 10.3. The van der Waals surface area contributed by atoms with Crippen molar-refractivity contribution in [3.8, 4) is 0 Å². The third-order valence-corrected chi connectivity index (χ3v) is 2.11. The minimum atomic E-state index is 0.0332. The van der Waals surface area contributed by atoms with E-state index in [2.05, 4.69) is 10.6 Å². The molecule has 0 spiro atoms. The predicted molar refractivity (Wildman–Crippen MR) is 68.1 cm³/mol. The van der Waals surface area contributed by atoms with Gasteiger partial charge in [-0.1, -0.05) is 0 Å². The van der Waals surface area contributed by atoms with Gasteiger partial charge in [0.2, 0.25) is 5.91 Å². The first-order valence-electron chi connectivity index (χ1n) is 6.24. The number of unbranched alkanes of at least 4 members (excludes halogenated alkanes) is 1. The summed E-state index contributed by atoms with van der Waals surface area (Å²) in [6, 6.07) is 0. The molecule has 0 heterocycles. The van der Waals surface area contributed by atoms with E-state index in [1.807, 2.05) is 13.8 Å². The molecule has 0 saturated heterocycles. The lowest BCUT2D eigenvalue weighted by Gasteiger charge is -2.08. The van der Waals surface area contributed by atoms with E-state index < -0.39 is 0 Å². The number of amides is 1. The molecule has 0 aromatic rings. The van der Waals surface area contributed by atoms with E-state index in [4.69, 9.17) is 9.47 Å². The summed E-state index contributed by atoms with van der Waals surface area (Å²) >= 11 is 0. The highest BCUT2D eigenvalue weighted by Crippen LogP contribution is 1.93. The van der Waals surface area contributed by atoms with Gasteiger partial charge < -0.3 is 20.1 Å². The lowest BCUT2D eigenvalue weighted by molar-refractivity contribution is -0.120. The highest BCUT2D eigenvalue weighted by Gasteiger charge is 1.99. The number of carbonyl (C=O) groups excluding carboxylic acids is 1. The number of ether oxygens (including phenoxy) is 2. The highest BCUT2D eigenvalue weighted by atomic mass is 16.5. The maximum absolute atomic E-state index is 11.3. The first-order chi connectivity index (χ1) is 8.16. The van der Waals surface area contributed by atoms with Gasteiger partial charge in [0.05, 0.1) is 19.3 Å². The molecular weight excluding hydrogens is 220 g/mol. The molecule has 0 aromatic carbocycles. The molecule has 0 bridgehead atoms. The molecule has 0 atom stereocenters. The fourth-order valence-electron chi connectivity index (χ4n) is 1.21. The Kier molecular flexibility index (Phi) is 11.4. The minimum Gasteiger partial charge on any atom is -0.383 e. The van der Waals surface area contributed by atoms with Crippen molar-refractivity contribution in [2.24, 2.45) is 0 Å². The number of hydrogen-bond donors (Lipinski definition) is 2. The van der Waals surface area contributed by atoms with Crippen molar-refractivity contribution in [2.75, 3.05) is 40.0 Å². The van der Waals surface area contributed by atoms with Gasteiger partial charge in [0.1, 0.15) is 0 Å². The van der Waals surface area contributed by atoms with Gasteiger partial charge in [0.15, 0.2) is 0 Å². The molecule has 17 heavy (non-hydrogen) atoms. The van der Waals surface area contributed by atoms with Gasteiger partial charge in [0, 0.05) is 26.8 Å². The van der Waals surface area contributed by atoms with Gasteiger partial charge in [-0.05, 0) is 26.7 Å². The molecule has 102 valence electrons. The van der Waals surface area contributed by atoms with Gasteiger partial charge in [0.25, 0.3) is 0 Å². The van der Waals surface area contributed by atoms with Gasteiger partial charge in [-0.2, -0.15) is 0 Å². The van der Waals surface area contributed by atoms with Crippen LogP contribution in [-0.4, -0.2) is 52.0 Å². The Bertz CT molecular complexity index is 187. The molecule has 5 nitrogen and oxygen atoms in total. The van der Waals surface area contributed by atoms with E-state index in [1.165, 1.54) is 0 Å². The van der Waals surface area contributed by atoms with Crippen molar-refractivity contribution in [3.05, 3.63) is 0 Å². The summed E-state index contributed by atoms with van der Waals surface area (Å²) in [5.41, 5.74) is 0. The molecule has 0 saturated carbocycles. The molecule has 0 unspecified atom stereocenters. The Morgan fingerprint density at radius 3 is 2.59 bits per heavy atom. The summed E-state index contributed by atoms with van der Waals surface area (Å²) in [6.07, 6.45) is 2.22. The molecule has 2 N–H and O–H groups in total. The van der Waals surface area contributed by atoms with E-state index in [9.17, 15) is 4.79 Å². The van der Waals surface area contributed by atoms with Crippen molar-refractivity contribution < 1.29 is 14.3 Å². The Hall–Kier alpha value is -0.650. The van der Waals surface area contributed by atoms with Crippen LogP contribution < -0.4 is 10.6 Å². The second kappa shape index (κ2) is 11.8. The van der Waals surface area contributed by atoms with Crippen LogP contribution in [-0.2, 0) is 14.3 Å². The summed E-state index contributed by atoms with van der Waals surface area (Å²) in [4.78, 5) is 11.3. The Morgan fingerprint density at radius 1 is 1.18 bits per heavy atom. The summed E-state index contributed by atoms with van der Waals surface area (Å²) in [6.45, 7) is 7.20.